The molecule has 0 unspecified atom stereocenters. The van der Waals surface area contributed by atoms with Crippen molar-refractivity contribution in [1.82, 2.24) is 24.7 Å². The quantitative estimate of drug-likeness (QED) is 0.500. The Bertz CT molecular complexity index is 1070. The number of carboxylic acid groups (broad SMARTS) is 1. The second-order valence-corrected chi connectivity index (χ2v) is 5.82. The van der Waals surface area contributed by atoms with Crippen LogP contribution in [0.15, 0.2) is 43.2 Å². The second kappa shape index (κ2) is 7.57. The Labute approximate surface area is 163 Å². The summed E-state index contributed by atoms with van der Waals surface area (Å²) in [7, 11) is 0. The number of rotatable bonds is 4. The van der Waals surface area contributed by atoms with Gasteiger partial charge in [-0.05, 0) is 18.2 Å². The molecule has 0 spiro atoms. The number of aliphatic carboxylic acids is 1. The summed E-state index contributed by atoms with van der Waals surface area (Å²) < 4.78 is 78.9. The van der Waals surface area contributed by atoms with Crippen molar-refractivity contribution in [3.05, 3.63) is 59.9 Å². The zero-order valence-corrected chi connectivity index (χ0v) is 14.5. The Morgan fingerprint density at radius 2 is 1.53 bits per heavy atom. The third kappa shape index (κ3) is 4.61. The van der Waals surface area contributed by atoms with E-state index in [0.717, 1.165) is 17.2 Å². The van der Waals surface area contributed by atoms with Crippen molar-refractivity contribution in [3.63, 3.8) is 0 Å². The van der Waals surface area contributed by atoms with Gasteiger partial charge >= 0.3 is 18.3 Å². The number of nitrogens with zero attached hydrogens (tertiary/aromatic N) is 5. The largest absolute Gasteiger partial charge is 0.478 e. The number of benzene rings is 1. The average molecular weight is 429 g/mol. The lowest BCUT2D eigenvalue weighted by atomic mass is 10.0. The van der Waals surface area contributed by atoms with Crippen LogP contribution in [-0.2, 0) is 17.1 Å². The van der Waals surface area contributed by atoms with Gasteiger partial charge in [-0.1, -0.05) is 0 Å². The summed E-state index contributed by atoms with van der Waals surface area (Å²) in [6.45, 7) is 0. The monoisotopic (exact) mass is 429 g/mol. The third-order valence-corrected chi connectivity index (χ3v) is 3.72. The highest BCUT2D eigenvalue weighted by Crippen LogP contribution is 2.38. The summed E-state index contributed by atoms with van der Waals surface area (Å²) in [5.41, 5.74) is -3.81. The molecule has 3 rings (SSSR count). The molecule has 1 aromatic carbocycles. The first kappa shape index (κ1) is 21.0. The van der Waals surface area contributed by atoms with Crippen LogP contribution >= 0.6 is 0 Å². The van der Waals surface area contributed by atoms with Crippen molar-refractivity contribution >= 4 is 17.7 Å². The van der Waals surface area contributed by atoms with E-state index in [4.69, 9.17) is 0 Å². The van der Waals surface area contributed by atoms with Crippen molar-refractivity contribution in [1.29, 1.82) is 0 Å². The smallest absolute Gasteiger partial charge is 0.416 e. The summed E-state index contributed by atoms with van der Waals surface area (Å²) in [4.78, 5) is 22.5. The molecular formula is C17H9F6N5O2. The van der Waals surface area contributed by atoms with Gasteiger partial charge in [0.1, 0.15) is 12.7 Å². The van der Waals surface area contributed by atoms with Crippen molar-refractivity contribution in [2.45, 2.75) is 12.4 Å². The molecular weight excluding hydrogens is 420 g/mol. The molecule has 0 saturated heterocycles. The third-order valence-electron chi connectivity index (χ3n) is 3.72. The topological polar surface area (TPSA) is 93.8 Å². The van der Waals surface area contributed by atoms with Crippen LogP contribution in [0.2, 0.25) is 0 Å². The lowest BCUT2D eigenvalue weighted by molar-refractivity contribution is -0.143. The lowest BCUT2D eigenvalue weighted by Crippen LogP contribution is -2.11. The molecule has 7 nitrogen and oxygen atoms in total. The van der Waals surface area contributed by atoms with Crippen molar-refractivity contribution in [3.8, 4) is 11.4 Å². The predicted molar refractivity (Wildman–Crippen MR) is 89.3 cm³/mol. The zero-order valence-electron chi connectivity index (χ0n) is 14.5. The molecule has 0 aliphatic rings. The van der Waals surface area contributed by atoms with Gasteiger partial charge in [-0.25, -0.2) is 24.4 Å². The number of hydrogen-bond donors (Lipinski definition) is 1. The SMILES string of the molecule is O=C(O)C(=Cn1cnc(-c2cc(C(F)(F)F)cc(C(F)(F)F)c2)n1)c1cncnc1. The molecule has 0 saturated carbocycles. The molecule has 0 atom stereocenters. The van der Waals surface area contributed by atoms with Gasteiger partial charge in [0, 0.05) is 29.7 Å². The number of carboxylic acids is 1. The predicted octanol–water partition coefficient (Wildman–Crippen LogP) is 3.86. The van der Waals surface area contributed by atoms with Crippen LogP contribution in [0.25, 0.3) is 23.2 Å². The summed E-state index contributed by atoms with van der Waals surface area (Å²) in [6.07, 6.45) is -4.57. The molecule has 0 bridgehead atoms. The number of halogens is 6. The van der Waals surface area contributed by atoms with E-state index in [2.05, 4.69) is 20.1 Å². The molecule has 0 amide bonds. The van der Waals surface area contributed by atoms with Gasteiger partial charge in [-0.3, -0.25) is 0 Å². The van der Waals surface area contributed by atoms with Crippen molar-refractivity contribution in [2.75, 3.05) is 0 Å². The van der Waals surface area contributed by atoms with Crippen molar-refractivity contribution in [2.24, 2.45) is 0 Å². The minimum Gasteiger partial charge on any atom is -0.478 e. The summed E-state index contributed by atoms with van der Waals surface area (Å²) >= 11 is 0. The Hall–Kier alpha value is -3.77. The van der Waals surface area contributed by atoms with Gasteiger partial charge in [-0.15, -0.1) is 5.10 Å². The van der Waals surface area contributed by atoms with Gasteiger partial charge in [-0.2, -0.15) is 26.3 Å². The maximum atomic E-state index is 13.0. The molecule has 0 radical (unpaired) electrons. The Balaban J connectivity index is 2.06. The number of aromatic nitrogens is 5. The molecule has 2 aromatic heterocycles. The minimum absolute atomic E-state index is 0.0155. The van der Waals surface area contributed by atoms with E-state index in [0.29, 0.717) is 12.1 Å². The van der Waals surface area contributed by atoms with E-state index >= 15 is 0 Å². The van der Waals surface area contributed by atoms with E-state index in [1.807, 2.05) is 0 Å². The van der Waals surface area contributed by atoms with Crippen LogP contribution < -0.4 is 0 Å². The highest BCUT2D eigenvalue weighted by Gasteiger charge is 2.37. The van der Waals surface area contributed by atoms with Crippen LogP contribution in [0.4, 0.5) is 26.3 Å². The molecule has 30 heavy (non-hydrogen) atoms. The second-order valence-electron chi connectivity index (χ2n) is 5.82. The first-order chi connectivity index (χ1) is 13.9. The molecule has 0 fully saturated rings. The fourth-order valence-electron chi connectivity index (χ4n) is 2.38. The Kier molecular flexibility index (Phi) is 5.29. The van der Waals surface area contributed by atoms with Crippen LogP contribution in [0.5, 0.6) is 0 Å². The van der Waals surface area contributed by atoms with Crippen molar-refractivity contribution < 1.29 is 36.2 Å². The van der Waals surface area contributed by atoms with Gasteiger partial charge in [0.15, 0.2) is 5.82 Å². The van der Waals surface area contributed by atoms with Crippen LogP contribution in [0.3, 0.4) is 0 Å². The normalized spacial score (nSPS) is 12.8. The van der Waals surface area contributed by atoms with E-state index < -0.39 is 40.8 Å². The van der Waals surface area contributed by atoms with Crippen LogP contribution in [-0.4, -0.2) is 35.8 Å². The molecule has 3 aromatic rings. The summed E-state index contributed by atoms with van der Waals surface area (Å²) in [5, 5.41) is 13.1. The average Bonchev–Trinajstić information content (AvgIpc) is 3.13. The molecule has 2 heterocycles. The summed E-state index contributed by atoms with van der Waals surface area (Å²) in [6, 6.07) is 0.932. The fraction of sp³-hybridized carbons (Fsp3) is 0.118. The molecule has 1 N–H and O–H groups in total. The first-order valence-corrected chi connectivity index (χ1v) is 7.86. The standard InChI is InChI=1S/C17H9F6N5O2/c18-16(19,20)11-1-9(2-12(3-11)17(21,22)23)14-26-8-28(27-14)6-13(15(29)30)10-4-24-7-25-5-10/h1-8H,(H,29,30). The van der Waals surface area contributed by atoms with E-state index in [-0.39, 0.29) is 17.2 Å². The van der Waals surface area contributed by atoms with E-state index in [1.165, 1.54) is 18.7 Å². The van der Waals surface area contributed by atoms with Crippen LogP contribution in [0.1, 0.15) is 16.7 Å². The maximum Gasteiger partial charge on any atom is 0.416 e. The molecule has 0 aliphatic carbocycles. The number of hydrogen-bond acceptors (Lipinski definition) is 5. The summed E-state index contributed by atoms with van der Waals surface area (Å²) in [5.74, 6) is -1.85. The van der Waals surface area contributed by atoms with Gasteiger partial charge in [0.2, 0.25) is 0 Å². The highest BCUT2D eigenvalue weighted by molar-refractivity contribution is 6.18. The lowest BCUT2D eigenvalue weighted by Gasteiger charge is -2.13. The highest BCUT2D eigenvalue weighted by atomic mass is 19.4. The number of alkyl halides is 6. The Morgan fingerprint density at radius 1 is 0.967 bits per heavy atom. The number of carbonyl (C=O) groups is 1. The molecule has 156 valence electrons. The molecule has 0 aliphatic heterocycles. The Morgan fingerprint density at radius 3 is 2.03 bits per heavy atom. The first-order valence-electron chi connectivity index (χ1n) is 7.86. The van der Waals surface area contributed by atoms with Gasteiger partial charge < -0.3 is 5.11 Å². The van der Waals surface area contributed by atoms with Crippen LogP contribution in [0, 0.1) is 0 Å². The van der Waals surface area contributed by atoms with E-state index in [9.17, 15) is 36.2 Å². The minimum atomic E-state index is -5.03. The maximum absolute atomic E-state index is 13.0. The fourth-order valence-corrected chi connectivity index (χ4v) is 2.38. The van der Waals surface area contributed by atoms with Gasteiger partial charge in [0.25, 0.3) is 0 Å². The molecule has 13 heteroatoms. The van der Waals surface area contributed by atoms with E-state index in [1.54, 1.807) is 0 Å². The zero-order chi connectivity index (χ0) is 22.1. The van der Waals surface area contributed by atoms with Gasteiger partial charge in [0.05, 0.1) is 16.7 Å².